The van der Waals surface area contributed by atoms with Crippen LogP contribution in [0.3, 0.4) is 0 Å². The van der Waals surface area contributed by atoms with Crippen molar-refractivity contribution < 1.29 is 4.79 Å². The minimum absolute atomic E-state index is 0.274. The summed E-state index contributed by atoms with van der Waals surface area (Å²) in [6, 6.07) is 11.6. The average molecular weight is 333 g/mol. The Kier molecular flexibility index (Phi) is 6.56. The zero-order chi connectivity index (χ0) is 18.8. The highest BCUT2D eigenvalue weighted by molar-refractivity contribution is 6.11. The summed E-state index contributed by atoms with van der Waals surface area (Å²) in [5, 5.41) is 2.07. The van der Waals surface area contributed by atoms with E-state index < -0.39 is 0 Å². The van der Waals surface area contributed by atoms with Crippen molar-refractivity contribution >= 4 is 22.2 Å². The maximum Gasteiger partial charge on any atom is 0.236 e. The Balaban J connectivity index is 2.12. The van der Waals surface area contributed by atoms with Crippen molar-refractivity contribution in [3.8, 4) is 59.2 Å². The number of hydrogen-bond donors (Lipinski definition) is 0. The van der Waals surface area contributed by atoms with Gasteiger partial charge in [0, 0.05) is 25.3 Å². The molecule has 0 N–H and O–H groups in total. The van der Waals surface area contributed by atoms with Gasteiger partial charge in [-0.3, -0.25) is 4.79 Å². The fourth-order valence-corrected chi connectivity index (χ4v) is 2.06. The SMILES string of the molecule is CC#CC#CC#CC#CC#CC(=O)c1ccc2cc(N(C)C)ccc2c1. The molecule has 0 atom stereocenters. The summed E-state index contributed by atoms with van der Waals surface area (Å²) in [5.74, 6) is 25.1. The van der Waals surface area contributed by atoms with Gasteiger partial charge in [-0.25, -0.2) is 0 Å². The lowest BCUT2D eigenvalue weighted by atomic mass is 10.0. The summed E-state index contributed by atoms with van der Waals surface area (Å²) < 4.78 is 0. The molecule has 2 nitrogen and oxygen atoms in total. The molecule has 0 heterocycles. The number of fused-ring (bicyclic) bond motifs is 1. The predicted molar refractivity (Wildman–Crippen MR) is 107 cm³/mol. The molecule has 2 heteroatoms. The van der Waals surface area contributed by atoms with Gasteiger partial charge in [0.1, 0.15) is 0 Å². The van der Waals surface area contributed by atoms with Crippen molar-refractivity contribution in [1.29, 1.82) is 0 Å². The fourth-order valence-electron chi connectivity index (χ4n) is 2.06. The number of ketones is 1. The van der Waals surface area contributed by atoms with Crippen LogP contribution in [0.25, 0.3) is 10.8 Å². The second-order valence-corrected chi connectivity index (χ2v) is 5.34. The number of hydrogen-bond acceptors (Lipinski definition) is 2. The van der Waals surface area contributed by atoms with E-state index >= 15 is 0 Å². The van der Waals surface area contributed by atoms with Crippen molar-refractivity contribution in [2.24, 2.45) is 0 Å². The highest BCUT2D eigenvalue weighted by atomic mass is 16.1. The molecule has 0 unspecified atom stereocenters. The molecule has 0 aliphatic heterocycles. The van der Waals surface area contributed by atoms with Crippen LogP contribution in [-0.4, -0.2) is 19.9 Å². The van der Waals surface area contributed by atoms with Crippen LogP contribution in [0.15, 0.2) is 36.4 Å². The predicted octanol–water partition coefficient (Wildman–Crippen LogP) is 3.13. The van der Waals surface area contributed by atoms with Gasteiger partial charge in [0.05, 0.1) is 0 Å². The summed E-state index contributed by atoms with van der Waals surface area (Å²) in [6.07, 6.45) is 0. The molecule has 0 saturated carbocycles. The van der Waals surface area contributed by atoms with Crippen LogP contribution >= 0.6 is 0 Å². The first-order valence-corrected chi connectivity index (χ1v) is 7.80. The van der Waals surface area contributed by atoms with E-state index in [0.29, 0.717) is 5.56 Å². The summed E-state index contributed by atoms with van der Waals surface area (Å²) >= 11 is 0. The number of rotatable bonds is 2. The Labute approximate surface area is 154 Å². The van der Waals surface area contributed by atoms with Gasteiger partial charge in [-0.05, 0) is 95.2 Å². The van der Waals surface area contributed by atoms with Gasteiger partial charge in [-0.15, -0.1) is 0 Å². The van der Waals surface area contributed by atoms with Gasteiger partial charge < -0.3 is 4.90 Å². The standard InChI is InChI=1S/C24H15NO/c1-4-5-6-7-8-9-10-11-12-13-24(26)22-15-14-21-19-23(25(2)3)17-16-20(21)18-22/h14-19H,1-3H3. The quantitative estimate of drug-likeness (QED) is 0.478. The Morgan fingerprint density at radius 1 is 0.769 bits per heavy atom. The van der Waals surface area contributed by atoms with Crippen LogP contribution in [0.1, 0.15) is 17.3 Å². The van der Waals surface area contributed by atoms with Crippen molar-refractivity contribution in [3.63, 3.8) is 0 Å². The molecule has 0 saturated heterocycles. The van der Waals surface area contributed by atoms with E-state index in [0.717, 1.165) is 16.5 Å². The third kappa shape index (κ3) is 5.26. The van der Waals surface area contributed by atoms with Crippen molar-refractivity contribution in [3.05, 3.63) is 42.0 Å². The first kappa shape index (κ1) is 18.3. The first-order valence-electron chi connectivity index (χ1n) is 7.80. The molecule has 122 valence electrons. The van der Waals surface area contributed by atoms with E-state index in [9.17, 15) is 4.79 Å². The fraction of sp³-hybridized carbons (Fsp3) is 0.125. The second kappa shape index (κ2) is 9.31. The molecule has 0 aliphatic carbocycles. The molecule has 0 amide bonds. The molecule has 0 bridgehead atoms. The lowest BCUT2D eigenvalue weighted by molar-refractivity contribution is 0.105. The minimum Gasteiger partial charge on any atom is -0.378 e. The summed E-state index contributed by atoms with van der Waals surface area (Å²) in [7, 11) is 3.98. The molecule has 26 heavy (non-hydrogen) atoms. The first-order chi connectivity index (χ1) is 12.6. The van der Waals surface area contributed by atoms with Crippen molar-refractivity contribution in [2.75, 3.05) is 19.0 Å². The third-order valence-corrected chi connectivity index (χ3v) is 3.34. The van der Waals surface area contributed by atoms with Crippen molar-refractivity contribution in [2.45, 2.75) is 6.92 Å². The van der Waals surface area contributed by atoms with Crippen LogP contribution in [0.4, 0.5) is 5.69 Å². The number of nitrogens with zero attached hydrogens (tertiary/aromatic N) is 1. The second-order valence-electron chi connectivity index (χ2n) is 5.34. The molecule has 0 radical (unpaired) electrons. The molecule has 2 aromatic carbocycles. The van der Waals surface area contributed by atoms with E-state index in [4.69, 9.17) is 0 Å². The monoisotopic (exact) mass is 333 g/mol. The minimum atomic E-state index is -0.274. The topological polar surface area (TPSA) is 20.3 Å². The Morgan fingerprint density at radius 3 is 2.00 bits per heavy atom. The van der Waals surface area contributed by atoms with Crippen LogP contribution < -0.4 is 4.90 Å². The van der Waals surface area contributed by atoms with Crippen LogP contribution in [0, 0.1) is 59.2 Å². The van der Waals surface area contributed by atoms with E-state index in [1.54, 1.807) is 13.0 Å². The Bertz CT molecular complexity index is 1160. The lowest BCUT2D eigenvalue weighted by Crippen LogP contribution is -2.08. The van der Waals surface area contributed by atoms with E-state index in [1.807, 2.05) is 43.3 Å². The Morgan fingerprint density at radius 2 is 1.35 bits per heavy atom. The van der Waals surface area contributed by atoms with Gasteiger partial charge in [0.25, 0.3) is 0 Å². The zero-order valence-electron chi connectivity index (χ0n) is 14.8. The van der Waals surface area contributed by atoms with Gasteiger partial charge in [0.2, 0.25) is 5.78 Å². The number of carbonyl (C=O) groups is 1. The number of carbonyl (C=O) groups excluding carboxylic acids is 1. The van der Waals surface area contributed by atoms with Gasteiger partial charge >= 0.3 is 0 Å². The lowest BCUT2D eigenvalue weighted by Gasteiger charge is -2.13. The number of benzene rings is 2. The molecule has 2 rings (SSSR count). The highest BCUT2D eigenvalue weighted by Gasteiger charge is 2.04. The average Bonchev–Trinajstić information content (AvgIpc) is 2.65. The van der Waals surface area contributed by atoms with Crippen LogP contribution in [0.2, 0.25) is 0 Å². The van der Waals surface area contributed by atoms with E-state index in [1.165, 1.54) is 0 Å². The van der Waals surface area contributed by atoms with Gasteiger partial charge in [-0.1, -0.05) is 18.1 Å². The van der Waals surface area contributed by atoms with E-state index in [2.05, 4.69) is 65.3 Å². The summed E-state index contributed by atoms with van der Waals surface area (Å²) in [6.45, 7) is 1.70. The highest BCUT2D eigenvalue weighted by Crippen LogP contribution is 2.22. The van der Waals surface area contributed by atoms with Crippen LogP contribution in [-0.2, 0) is 0 Å². The Hall–Kier alpha value is -4.03. The number of anilines is 1. The normalized spacial score (nSPS) is 7.96. The largest absolute Gasteiger partial charge is 0.378 e. The maximum absolute atomic E-state index is 12.1. The maximum atomic E-state index is 12.1. The van der Waals surface area contributed by atoms with E-state index in [-0.39, 0.29) is 5.78 Å². The van der Waals surface area contributed by atoms with Gasteiger partial charge in [-0.2, -0.15) is 0 Å². The zero-order valence-corrected chi connectivity index (χ0v) is 14.8. The summed E-state index contributed by atoms with van der Waals surface area (Å²) in [4.78, 5) is 14.2. The molecule has 2 aromatic rings. The molecular weight excluding hydrogens is 318 g/mol. The number of Topliss-reactive ketones (excluding diaryl/α,β-unsaturated/α-hetero) is 1. The molecule has 0 spiro atoms. The molecule has 0 aromatic heterocycles. The van der Waals surface area contributed by atoms with Crippen LogP contribution in [0.5, 0.6) is 0 Å². The van der Waals surface area contributed by atoms with Crippen molar-refractivity contribution in [1.82, 2.24) is 0 Å². The van der Waals surface area contributed by atoms with Gasteiger partial charge in [0.15, 0.2) is 0 Å². The smallest absolute Gasteiger partial charge is 0.236 e. The molecular formula is C24H15NO. The third-order valence-electron chi connectivity index (χ3n) is 3.34. The molecule has 0 aliphatic rings. The summed E-state index contributed by atoms with van der Waals surface area (Å²) in [5.41, 5.74) is 1.65. The molecule has 0 fully saturated rings.